The summed E-state index contributed by atoms with van der Waals surface area (Å²) in [4.78, 5) is 26.2. The van der Waals surface area contributed by atoms with Crippen molar-refractivity contribution in [1.29, 1.82) is 0 Å². The zero-order chi connectivity index (χ0) is 17.8. The zero-order valence-electron chi connectivity index (χ0n) is 14.0. The van der Waals surface area contributed by atoms with E-state index >= 15 is 0 Å². The predicted molar refractivity (Wildman–Crippen MR) is 93.5 cm³/mol. The number of anilines is 2. The number of carbonyl (C=O) groups excluding carboxylic acids is 1. The summed E-state index contributed by atoms with van der Waals surface area (Å²) < 4.78 is 14.2. The van der Waals surface area contributed by atoms with Crippen LogP contribution >= 0.6 is 0 Å². The van der Waals surface area contributed by atoms with Gasteiger partial charge in [0.1, 0.15) is 17.8 Å². The van der Waals surface area contributed by atoms with Crippen LogP contribution in [-0.2, 0) is 6.42 Å². The van der Waals surface area contributed by atoms with Crippen molar-refractivity contribution in [1.82, 2.24) is 15.0 Å². The second kappa shape index (κ2) is 7.17. The van der Waals surface area contributed by atoms with Crippen LogP contribution in [0.2, 0.25) is 0 Å². The van der Waals surface area contributed by atoms with E-state index in [1.165, 1.54) is 12.4 Å². The van der Waals surface area contributed by atoms with Gasteiger partial charge in [0.25, 0.3) is 0 Å². The third kappa shape index (κ3) is 3.85. The van der Waals surface area contributed by atoms with Gasteiger partial charge in [-0.3, -0.25) is 9.78 Å². The van der Waals surface area contributed by atoms with Crippen molar-refractivity contribution in [2.24, 2.45) is 0 Å². The molecule has 0 saturated carbocycles. The molecule has 0 atom stereocenters. The Bertz CT molecular complexity index is 899. The third-order valence-corrected chi connectivity index (χ3v) is 3.84. The minimum absolute atomic E-state index is 0.105. The van der Waals surface area contributed by atoms with Crippen LogP contribution in [0.5, 0.6) is 0 Å². The smallest absolute Gasteiger partial charge is 0.185 e. The first kappa shape index (κ1) is 16.7. The number of aryl methyl sites for hydroxylation is 1. The van der Waals surface area contributed by atoms with Gasteiger partial charge in [0.05, 0.1) is 23.8 Å². The molecule has 0 bridgehead atoms. The predicted octanol–water partition coefficient (Wildman–Crippen LogP) is 3.51. The van der Waals surface area contributed by atoms with E-state index in [1.807, 2.05) is 13.0 Å². The molecule has 0 N–H and O–H groups in total. The number of benzene rings is 1. The van der Waals surface area contributed by atoms with Crippen LogP contribution in [0.1, 0.15) is 21.7 Å². The largest absolute Gasteiger partial charge is 0.340 e. The highest BCUT2D eigenvalue weighted by atomic mass is 19.1. The second-order valence-electron chi connectivity index (χ2n) is 5.71. The maximum absolute atomic E-state index is 14.2. The van der Waals surface area contributed by atoms with Gasteiger partial charge in [-0.1, -0.05) is 12.1 Å². The fourth-order valence-corrected chi connectivity index (χ4v) is 2.50. The van der Waals surface area contributed by atoms with Crippen LogP contribution in [-0.4, -0.2) is 27.8 Å². The Morgan fingerprint density at radius 3 is 2.64 bits per heavy atom. The molecule has 0 amide bonds. The van der Waals surface area contributed by atoms with E-state index in [9.17, 15) is 9.18 Å². The Morgan fingerprint density at radius 1 is 1.16 bits per heavy atom. The Labute approximate surface area is 145 Å². The molecule has 0 aliphatic rings. The number of rotatable bonds is 5. The first-order valence-electron chi connectivity index (χ1n) is 7.78. The van der Waals surface area contributed by atoms with E-state index < -0.39 is 0 Å². The number of nitrogens with zero attached hydrogens (tertiary/aromatic N) is 4. The van der Waals surface area contributed by atoms with Gasteiger partial charge >= 0.3 is 0 Å². The first-order chi connectivity index (χ1) is 12.0. The number of aromatic nitrogens is 3. The summed E-state index contributed by atoms with van der Waals surface area (Å²) in [5.74, 6) is -0.483. The molecule has 3 rings (SSSR count). The lowest BCUT2D eigenvalue weighted by atomic mass is 10.0. The molecule has 25 heavy (non-hydrogen) atoms. The zero-order valence-corrected chi connectivity index (χ0v) is 14.0. The standard InChI is InChI=1S/C19H17FN4O/c1-13-4-3-5-17(23-13)19(25)9-14-6-7-16(20)18(8-14)24(2)15-10-21-12-22-11-15/h3-8,10-12H,9H2,1-2H3. The lowest BCUT2D eigenvalue weighted by Gasteiger charge is -2.20. The summed E-state index contributed by atoms with van der Waals surface area (Å²) in [6, 6.07) is 9.96. The van der Waals surface area contributed by atoms with Crippen LogP contribution in [0.15, 0.2) is 55.1 Å². The van der Waals surface area contributed by atoms with Crippen molar-refractivity contribution < 1.29 is 9.18 Å². The van der Waals surface area contributed by atoms with Crippen LogP contribution in [0, 0.1) is 12.7 Å². The van der Waals surface area contributed by atoms with E-state index in [-0.39, 0.29) is 18.0 Å². The number of hydrogen-bond acceptors (Lipinski definition) is 5. The Morgan fingerprint density at radius 2 is 1.92 bits per heavy atom. The highest BCUT2D eigenvalue weighted by molar-refractivity contribution is 5.95. The van der Waals surface area contributed by atoms with E-state index in [0.29, 0.717) is 22.6 Å². The highest BCUT2D eigenvalue weighted by Gasteiger charge is 2.14. The molecular formula is C19H17FN4O. The molecular weight excluding hydrogens is 319 g/mol. The van der Waals surface area contributed by atoms with Gasteiger partial charge in [-0.2, -0.15) is 0 Å². The maximum Gasteiger partial charge on any atom is 0.185 e. The summed E-state index contributed by atoms with van der Waals surface area (Å²) in [5.41, 5.74) is 2.93. The van der Waals surface area contributed by atoms with E-state index in [4.69, 9.17) is 0 Å². The van der Waals surface area contributed by atoms with Crippen LogP contribution in [0.4, 0.5) is 15.8 Å². The van der Waals surface area contributed by atoms with Crippen LogP contribution < -0.4 is 4.90 Å². The van der Waals surface area contributed by atoms with Gasteiger partial charge < -0.3 is 4.90 Å². The summed E-state index contributed by atoms with van der Waals surface area (Å²) >= 11 is 0. The maximum atomic E-state index is 14.2. The topological polar surface area (TPSA) is 59.0 Å². The van der Waals surface area contributed by atoms with Crippen molar-refractivity contribution in [3.63, 3.8) is 0 Å². The van der Waals surface area contributed by atoms with Crippen molar-refractivity contribution in [3.05, 3.63) is 77.9 Å². The molecule has 0 fully saturated rings. The SMILES string of the molecule is Cc1cccc(C(=O)Cc2ccc(F)c(N(C)c3cncnc3)c2)n1. The molecule has 2 aromatic heterocycles. The van der Waals surface area contributed by atoms with Crippen molar-refractivity contribution in [2.75, 3.05) is 11.9 Å². The first-order valence-corrected chi connectivity index (χ1v) is 7.78. The Balaban J connectivity index is 1.85. The highest BCUT2D eigenvalue weighted by Crippen LogP contribution is 2.26. The minimum atomic E-state index is -0.378. The van der Waals surface area contributed by atoms with Gasteiger partial charge in [-0.05, 0) is 36.8 Å². The molecule has 3 aromatic rings. The molecule has 0 spiro atoms. The molecule has 0 aliphatic heterocycles. The number of Topliss-reactive ketones (excluding diaryl/α,β-unsaturated/α-hetero) is 1. The quantitative estimate of drug-likeness (QED) is 0.667. The molecule has 126 valence electrons. The van der Waals surface area contributed by atoms with Crippen molar-refractivity contribution in [3.8, 4) is 0 Å². The fraction of sp³-hybridized carbons (Fsp3) is 0.158. The van der Waals surface area contributed by atoms with Crippen molar-refractivity contribution in [2.45, 2.75) is 13.3 Å². The fourth-order valence-electron chi connectivity index (χ4n) is 2.50. The van der Waals surface area contributed by atoms with Gasteiger partial charge in [0.15, 0.2) is 5.78 Å². The van der Waals surface area contributed by atoms with E-state index in [2.05, 4.69) is 15.0 Å². The molecule has 2 heterocycles. The average molecular weight is 336 g/mol. The normalized spacial score (nSPS) is 10.5. The second-order valence-corrected chi connectivity index (χ2v) is 5.71. The van der Waals surface area contributed by atoms with E-state index in [1.54, 1.807) is 48.6 Å². The van der Waals surface area contributed by atoms with Gasteiger partial charge in [0, 0.05) is 19.2 Å². The molecule has 1 aromatic carbocycles. The van der Waals surface area contributed by atoms with Gasteiger partial charge in [-0.25, -0.2) is 14.4 Å². The molecule has 6 heteroatoms. The summed E-state index contributed by atoms with van der Waals surface area (Å²) in [6.07, 6.45) is 4.77. The van der Waals surface area contributed by atoms with Crippen LogP contribution in [0.25, 0.3) is 0 Å². The van der Waals surface area contributed by atoms with E-state index in [0.717, 1.165) is 5.69 Å². The lowest BCUT2D eigenvalue weighted by molar-refractivity contribution is 0.0988. The van der Waals surface area contributed by atoms with Gasteiger partial charge in [0.2, 0.25) is 0 Å². The number of pyridine rings is 1. The van der Waals surface area contributed by atoms with Crippen LogP contribution in [0.3, 0.4) is 0 Å². The minimum Gasteiger partial charge on any atom is -0.340 e. The lowest BCUT2D eigenvalue weighted by Crippen LogP contribution is -2.13. The number of ketones is 1. The third-order valence-electron chi connectivity index (χ3n) is 3.84. The number of hydrogen-bond donors (Lipinski definition) is 0. The molecule has 0 radical (unpaired) electrons. The molecule has 0 unspecified atom stereocenters. The molecule has 5 nitrogen and oxygen atoms in total. The summed E-state index contributed by atoms with van der Waals surface area (Å²) in [5, 5.41) is 0. The number of carbonyl (C=O) groups is 1. The monoisotopic (exact) mass is 336 g/mol. The van der Waals surface area contributed by atoms with Gasteiger partial charge in [-0.15, -0.1) is 0 Å². The van der Waals surface area contributed by atoms with Crippen molar-refractivity contribution >= 4 is 17.2 Å². The summed E-state index contributed by atoms with van der Waals surface area (Å²) in [6.45, 7) is 1.84. The Hall–Kier alpha value is -3.15. The molecule has 0 saturated heterocycles. The Kier molecular flexibility index (Phi) is 4.79. The average Bonchev–Trinajstić information content (AvgIpc) is 2.63. The molecule has 0 aliphatic carbocycles. The number of halogens is 1. The summed E-state index contributed by atoms with van der Waals surface area (Å²) in [7, 11) is 1.73.